The second kappa shape index (κ2) is 10.1. The minimum Gasteiger partial charge on any atom is -0.497 e. The Morgan fingerprint density at radius 1 is 1.09 bits per heavy atom. The second-order valence-corrected chi connectivity index (χ2v) is 9.45. The van der Waals surface area contributed by atoms with Gasteiger partial charge in [0.05, 0.1) is 53.1 Å². The number of nitrogens with one attached hydrogen (secondary N) is 2. The average Bonchev–Trinajstić information content (AvgIpc) is 3.15. The van der Waals surface area contributed by atoms with Gasteiger partial charge in [0, 0.05) is 24.5 Å². The van der Waals surface area contributed by atoms with Crippen LogP contribution in [0.15, 0.2) is 42.5 Å². The van der Waals surface area contributed by atoms with Crippen molar-refractivity contribution in [2.24, 2.45) is 0 Å². The third-order valence-electron chi connectivity index (χ3n) is 6.71. The summed E-state index contributed by atoms with van der Waals surface area (Å²) in [4.78, 5) is 3.06. The molecule has 1 unspecified atom stereocenters. The molecule has 2 heterocycles. The molecule has 1 fully saturated rings. The van der Waals surface area contributed by atoms with Crippen molar-refractivity contribution >= 4 is 12.2 Å². The van der Waals surface area contributed by atoms with Crippen molar-refractivity contribution in [3.05, 3.63) is 52.8 Å². The van der Waals surface area contributed by atoms with Crippen molar-refractivity contribution in [3.8, 4) is 28.6 Å². The maximum absolute atomic E-state index is 6.00. The molecule has 1 atom stereocenters. The molecule has 33 heavy (non-hydrogen) atoms. The Labute approximate surface area is 201 Å². The van der Waals surface area contributed by atoms with E-state index in [-0.39, 0.29) is 0 Å². The summed E-state index contributed by atoms with van der Waals surface area (Å²) in [7, 11) is 7.87. The van der Waals surface area contributed by atoms with E-state index in [9.17, 15) is 0 Å². The van der Waals surface area contributed by atoms with Crippen molar-refractivity contribution in [2.45, 2.75) is 32.5 Å². The fourth-order valence-electron chi connectivity index (χ4n) is 4.56. The summed E-state index contributed by atoms with van der Waals surface area (Å²) >= 11 is 6.00. The first-order chi connectivity index (χ1) is 15.9. The molecule has 0 amide bonds. The number of hydrogen-bond acceptors (Lipinski definition) is 4. The van der Waals surface area contributed by atoms with E-state index in [4.69, 9.17) is 26.8 Å². The molecule has 3 aromatic rings. The molecular formula is C25H35N5O2S+2. The Morgan fingerprint density at radius 3 is 2.42 bits per heavy atom. The molecule has 1 aliphatic rings. The molecule has 0 radical (unpaired) electrons. The minimum atomic E-state index is 0.620. The van der Waals surface area contributed by atoms with Crippen LogP contribution in [0, 0.1) is 11.7 Å². The number of benzene rings is 2. The van der Waals surface area contributed by atoms with Gasteiger partial charge in [-0.2, -0.15) is 4.68 Å². The summed E-state index contributed by atoms with van der Waals surface area (Å²) < 4.78 is 15.8. The Balaban J connectivity index is 1.79. The summed E-state index contributed by atoms with van der Waals surface area (Å²) in [5.74, 6) is 2.26. The van der Waals surface area contributed by atoms with E-state index in [1.165, 1.54) is 36.4 Å². The molecule has 176 valence electrons. The van der Waals surface area contributed by atoms with Crippen molar-refractivity contribution in [1.82, 2.24) is 14.3 Å². The Kier molecular flexibility index (Phi) is 7.17. The van der Waals surface area contributed by atoms with Gasteiger partial charge in [0.15, 0.2) is 12.5 Å². The maximum atomic E-state index is 6.00. The molecule has 0 aliphatic carbocycles. The fourth-order valence-corrected chi connectivity index (χ4v) is 4.85. The van der Waals surface area contributed by atoms with E-state index in [0.29, 0.717) is 10.8 Å². The molecule has 0 bridgehead atoms. The Bertz CT molecular complexity index is 1150. The van der Waals surface area contributed by atoms with Crippen LogP contribution in [0.5, 0.6) is 11.5 Å². The second-order valence-electron chi connectivity index (χ2n) is 9.08. The molecule has 0 spiro atoms. The lowest BCUT2D eigenvalue weighted by molar-refractivity contribution is -0.954. The molecule has 8 heteroatoms. The number of methoxy groups -OCH3 is 2. The Hall–Kier alpha value is -2.68. The number of nitrogens with zero attached hydrogens (tertiary/aromatic N) is 3. The lowest BCUT2D eigenvalue weighted by atomic mass is 10.0. The minimum absolute atomic E-state index is 0.620. The van der Waals surface area contributed by atoms with Gasteiger partial charge in [-0.15, -0.1) is 5.10 Å². The van der Waals surface area contributed by atoms with Crippen LogP contribution in [-0.2, 0) is 6.67 Å². The van der Waals surface area contributed by atoms with Gasteiger partial charge in [0.1, 0.15) is 11.5 Å². The number of quaternary nitrogens is 2. The predicted molar refractivity (Wildman–Crippen MR) is 132 cm³/mol. The number of aryl methyl sites for hydroxylation is 1. The van der Waals surface area contributed by atoms with Crippen molar-refractivity contribution in [3.63, 3.8) is 0 Å². The van der Waals surface area contributed by atoms with Crippen LogP contribution in [0.1, 0.15) is 18.4 Å². The van der Waals surface area contributed by atoms with E-state index >= 15 is 0 Å². The summed E-state index contributed by atoms with van der Waals surface area (Å²) in [6.45, 7) is 5.25. The van der Waals surface area contributed by atoms with Crippen LogP contribution in [-0.4, -0.2) is 61.8 Å². The standard InChI is InChI=1S/C25H33N5O2S/c1-18-6-8-19(9-7-18)24-26-29(17-28(3)20-12-14-27(2)15-13-20)25(33)30(24)22-16-21(31-4)10-11-23(22)32-5/h6-11,16,20H,12-15,17H2,1-5H3/p+2. The normalized spacial score (nSPS) is 19.3. The number of aromatic nitrogens is 3. The van der Waals surface area contributed by atoms with Gasteiger partial charge in [-0.25, -0.2) is 0 Å². The summed E-state index contributed by atoms with van der Waals surface area (Å²) in [5, 5.41) is 5.02. The summed E-state index contributed by atoms with van der Waals surface area (Å²) in [5.41, 5.74) is 3.04. The van der Waals surface area contributed by atoms with E-state index in [2.05, 4.69) is 45.3 Å². The van der Waals surface area contributed by atoms with Crippen molar-refractivity contribution in [2.75, 3.05) is 41.4 Å². The lowest BCUT2D eigenvalue weighted by Crippen LogP contribution is -3.17. The monoisotopic (exact) mass is 469 g/mol. The number of likely N-dealkylation sites (tertiary alicyclic amines) is 1. The zero-order valence-corrected chi connectivity index (χ0v) is 21.0. The first-order valence-electron chi connectivity index (χ1n) is 11.5. The largest absolute Gasteiger partial charge is 0.497 e. The molecule has 1 saturated heterocycles. The molecule has 2 aromatic carbocycles. The first kappa shape index (κ1) is 23.5. The topological polar surface area (TPSA) is 50.1 Å². The highest BCUT2D eigenvalue weighted by atomic mass is 32.1. The molecule has 1 aliphatic heterocycles. The first-order valence-corrected chi connectivity index (χ1v) is 11.9. The van der Waals surface area contributed by atoms with E-state index in [1.54, 1.807) is 19.1 Å². The highest BCUT2D eigenvalue weighted by Crippen LogP contribution is 2.32. The van der Waals surface area contributed by atoms with Crippen LogP contribution >= 0.6 is 12.2 Å². The smallest absolute Gasteiger partial charge is 0.207 e. The van der Waals surface area contributed by atoms with Crippen molar-refractivity contribution < 1.29 is 19.3 Å². The molecule has 2 N–H and O–H groups in total. The number of rotatable bonds is 7. The zero-order chi connectivity index (χ0) is 23.5. The molecule has 1 aromatic heterocycles. The van der Waals surface area contributed by atoms with Crippen LogP contribution in [0.25, 0.3) is 17.1 Å². The zero-order valence-electron chi connectivity index (χ0n) is 20.2. The molecule has 4 rings (SSSR count). The van der Waals surface area contributed by atoms with Crippen LogP contribution in [0.4, 0.5) is 0 Å². The maximum Gasteiger partial charge on any atom is 0.207 e. The number of ether oxygens (including phenoxy) is 2. The Morgan fingerprint density at radius 2 is 1.79 bits per heavy atom. The van der Waals surface area contributed by atoms with Gasteiger partial charge in [0.25, 0.3) is 0 Å². The third-order valence-corrected chi connectivity index (χ3v) is 7.10. The summed E-state index contributed by atoms with van der Waals surface area (Å²) in [6, 6.07) is 14.8. The van der Waals surface area contributed by atoms with Gasteiger partial charge < -0.3 is 19.3 Å². The molecule has 7 nitrogen and oxygen atoms in total. The highest BCUT2D eigenvalue weighted by Gasteiger charge is 2.27. The quantitative estimate of drug-likeness (QED) is 0.516. The molecule has 0 saturated carbocycles. The van der Waals surface area contributed by atoms with Gasteiger partial charge >= 0.3 is 0 Å². The lowest BCUT2D eigenvalue weighted by Gasteiger charge is -2.30. The molecular weight excluding hydrogens is 434 g/mol. The average molecular weight is 470 g/mol. The predicted octanol–water partition coefficient (Wildman–Crippen LogP) is 1.55. The number of hydrogen-bond donors (Lipinski definition) is 2. The van der Waals surface area contributed by atoms with Crippen LogP contribution < -0.4 is 19.3 Å². The van der Waals surface area contributed by atoms with Gasteiger partial charge in [-0.3, -0.25) is 4.57 Å². The summed E-state index contributed by atoms with van der Waals surface area (Å²) in [6.07, 6.45) is 2.44. The van der Waals surface area contributed by atoms with Gasteiger partial charge in [-0.05, 0) is 31.3 Å². The third kappa shape index (κ3) is 4.98. The van der Waals surface area contributed by atoms with Gasteiger partial charge in [0.2, 0.25) is 4.77 Å². The van der Waals surface area contributed by atoms with E-state index in [1.807, 2.05) is 27.4 Å². The van der Waals surface area contributed by atoms with E-state index in [0.717, 1.165) is 35.2 Å². The van der Waals surface area contributed by atoms with Crippen LogP contribution in [0.3, 0.4) is 0 Å². The SMILES string of the molecule is COc1ccc(OC)c(-n2c(-c3ccc(C)cc3)nn(C[NH+](C)C3CC[NH+](C)CC3)c2=S)c1. The van der Waals surface area contributed by atoms with Gasteiger partial charge in [-0.1, -0.05) is 29.8 Å². The fraction of sp³-hybridized carbons (Fsp3) is 0.440. The highest BCUT2D eigenvalue weighted by molar-refractivity contribution is 7.71. The van der Waals surface area contributed by atoms with Crippen molar-refractivity contribution in [1.29, 1.82) is 0 Å². The van der Waals surface area contributed by atoms with Crippen LogP contribution in [0.2, 0.25) is 0 Å². The van der Waals surface area contributed by atoms with E-state index < -0.39 is 0 Å². The number of piperidine rings is 1.